The average Bonchev–Trinajstić information content (AvgIpc) is 1.99. The first-order chi connectivity index (χ1) is 5.12. The molecule has 0 aliphatic rings. The second-order valence-electron chi connectivity index (χ2n) is 2.89. The van der Waals surface area contributed by atoms with E-state index in [1.54, 1.807) is 6.92 Å². The van der Waals surface area contributed by atoms with Crippen LogP contribution in [0.15, 0.2) is 0 Å². The third-order valence-corrected chi connectivity index (χ3v) is 2.56. The van der Waals surface area contributed by atoms with E-state index in [9.17, 15) is 0 Å². The fourth-order valence-corrected chi connectivity index (χ4v) is 1.65. The monoisotopic (exact) mass is 172 g/mol. The van der Waals surface area contributed by atoms with Gasteiger partial charge in [-0.1, -0.05) is 6.92 Å². The van der Waals surface area contributed by atoms with Crippen LogP contribution in [-0.4, -0.2) is 17.0 Å². The Bertz CT molecular complexity index is 138. The van der Waals surface area contributed by atoms with Gasteiger partial charge in [-0.2, -0.15) is 17.0 Å². The van der Waals surface area contributed by atoms with Gasteiger partial charge in [-0.05, 0) is 31.3 Å². The van der Waals surface area contributed by atoms with Gasteiger partial charge in [0.05, 0.1) is 6.07 Å². The van der Waals surface area contributed by atoms with Crippen LogP contribution in [0, 0.1) is 11.3 Å². The third kappa shape index (κ3) is 6.21. The van der Waals surface area contributed by atoms with E-state index >= 15 is 0 Å². The molecule has 0 heterocycles. The fourth-order valence-electron chi connectivity index (χ4n) is 0.586. The highest BCUT2D eigenvalue weighted by molar-refractivity contribution is 7.99. The van der Waals surface area contributed by atoms with Gasteiger partial charge < -0.3 is 5.73 Å². The molecule has 0 aromatic heterocycles. The van der Waals surface area contributed by atoms with Crippen LogP contribution in [0.2, 0.25) is 0 Å². The van der Waals surface area contributed by atoms with Crippen LogP contribution in [0.25, 0.3) is 0 Å². The molecule has 0 bridgehead atoms. The van der Waals surface area contributed by atoms with Crippen molar-refractivity contribution in [2.24, 2.45) is 5.73 Å². The molecule has 1 atom stereocenters. The molecule has 0 aromatic carbocycles. The van der Waals surface area contributed by atoms with E-state index < -0.39 is 5.54 Å². The number of hydrogen-bond acceptors (Lipinski definition) is 3. The molecule has 0 rings (SSSR count). The summed E-state index contributed by atoms with van der Waals surface area (Å²) in [5.74, 6) is 2.16. The first-order valence-electron chi connectivity index (χ1n) is 3.90. The highest BCUT2D eigenvalue weighted by Crippen LogP contribution is 2.11. The fraction of sp³-hybridized carbons (Fsp3) is 0.875. The van der Waals surface area contributed by atoms with Crippen LogP contribution < -0.4 is 5.73 Å². The predicted octanol–water partition coefficient (Wildman–Crippen LogP) is 1.76. The van der Waals surface area contributed by atoms with Gasteiger partial charge in [0.2, 0.25) is 0 Å². The Labute approximate surface area is 73.1 Å². The van der Waals surface area contributed by atoms with Crippen molar-refractivity contribution < 1.29 is 0 Å². The summed E-state index contributed by atoms with van der Waals surface area (Å²) < 4.78 is 0. The van der Waals surface area contributed by atoms with E-state index in [1.165, 1.54) is 12.2 Å². The van der Waals surface area contributed by atoms with Crippen LogP contribution in [0.3, 0.4) is 0 Å². The van der Waals surface area contributed by atoms with Crippen molar-refractivity contribution in [2.45, 2.75) is 32.2 Å². The summed E-state index contributed by atoms with van der Waals surface area (Å²) in [5.41, 5.74) is 5.00. The lowest BCUT2D eigenvalue weighted by Gasteiger charge is -2.13. The lowest BCUT2D eigenvalue weighted by molar-refractivity contribution is 0.583. The quantitative estimate of drug-likeness (QED) is 0.643. The molecule has 11 heavy (non-hydrogen) atoms. The first-order valence-corrected chi connectivity index (χ1v) is 5.05. The Morgan fingerprint density at radius 3 is 2.64 bits per heavy atom. The van der Waals surface area contributed by atoms with E-state index in [0.717, 1.165) is 12.2 Å². The van der Waals surface area contributed by atoms with Gasteiger partial charge in [0.15, 0.2) is 0 Å². The molecule has 0 radical (unpaired) electrons. The molecular formula is C8H16N2S. The summed E-state index contributed by atoms with van der Waals surface area (Å²) in [5, 5.41) is 8.57. The summed E-state index contributed by atoms with van der Waals surface area (Å²) >= 11 is 1.86. The third-order valence-electron chi connectivity index (χ3n) is 1.37. The molecule has 0 amide bonds. The largest absolute Gasteiger partial charge is 0.314 e. The molecular weight excluding hydrogens is 156 g/mol. The molecule has 0 saturated carbocycles. The Morgan fingerprint density at radius 2 is 2.18 bits per heavy atom. The molecule has 2 nitrogen and oxygen atoms in total. The number of rotatable bonds is 5. The Morgan fingerprint density at radius 1 is 1.55 bits per heavy atom. The van der Waals surface area contributed by atoms with Gasteiger partial charge in [-0.25, -0.2) is 0 Å². The van der Waals surface area contributed by atoms with Crippen molar-refractivity contribution in [2.75, 3.05) is 11.5 Å². The summed E-state index contributed by atoms with van der Waals surface area (Å²) in [6, 6.07) is 2.08. The van der Waals surface area contributed by atoms with E-state index in [-0.39, 0.29) is 0 Å². The Balaban J connectivity index is 3.32. The maximum Gasteiger partial charge on any atom is 0.102 e. The Kier molecular flexibility index (Phi) is 5.35. The molecule has 0 spiro atoms. The van der Waals surface area contributed by atoms with Crippen LogP contribution >= 0.6 is 11.8 Å². The Hall–Kier alpha value is -0.200. The molecule has 0 saturated heterocycles. The molecule has 0 aromatic rings. The minimum absolute atomic E-state index is 0.624. The van der Waals surface area contributed by atoms with Gasteiger partial charge in [-0.3, -0.25) is 0 Å². The van der Waals surface area contributed by atoms with Crippen LogP contribution in [-0.2, 0) is 0 Å². The minimum atomic E-state index is -0.624. The van der Waals surface area contributed by atoms with Crippen molar-refractivity contribution in [1.82, 2.24) is 0 Å². The molecule has 3 heteroatoms. The first kappa shape index (κ1) is 10.8. The van der Waals surface area contributed by atoms with Gasteiger partial charge >= 0.3 is 0 Å². The summed E-state index contributed by atoms with van der Waals surface area (Å²) in [6.07, 6.45) is 1.98. The van der Waals surface area contributed by atoms with Gasteiger partial charge in [0.1, 0.15) is 5.54 Å². The number of nitriles is 1. The smallest absolute Gasteiger partial charge is 0.102 e. The standard InChI is InChI=1S/C8H16N2S/c1-3-5-11-6-4-8(2,10)7-9/h3-6,10H2,1-2H3. The zero-order chi connectivity index (χ0) is 8.74. The molecule has 0 fully saturated rings. The molecule has 0 aliphatic heterocycles. The predicted molar refractivity (Wildman–Crippen MR) is 50.4 cm³/mol. The number of hydrogen-bond donors (Lipinski definition) is 1. The van der Waals surface area contributed by atoms with Crippen LogP contribution in [0.5, 0.6) is 0 Å². The van der Waals surface area contributed by atoms with Crippen LogP contribution in [0.4, 0.5) is 0 Å². The number of nitrogens with zero attached hydrogens (tertiary/aromatic N) is 1. The topological polar surface area (TPSA) is 49.8 Å². The molecule has 2 N–H and O–H groups in total. The summed E-state index contributed by atoms with van der Waals surface area (Å²) in [4.78, 5) is 0. The van der Waals surface area contributed by atoms with E-state index in [4.69, 9.17) is 11.0 Å². The van der Waals surface area contributed by atoms with Crippen molar-refractivity contribution in [3.8, 4) is 6.07 Å². The second-order valence-corrected chi connectivity index (χ2v) is 4.12. The molecule has 1 unspecified atom stereocenters. The maximum atomic E-state index is 8.57. The highest BCUT2D eigenvalue weighted by atomic mass is 32.2. The maximum absolute atomic E-state index is 8.57. The van der Waals surface area contributed by atoms with E-state index in [0.29, 0.717) is 0 Å². The average molecular weight is 172 g/mol. The lowest BCUT2D eigenvalue weighted by atomic mass is 10.0. The summed E-state index contributed by atoms with van der Waals surface area (Å²) in [7, 11) is 0. The SMILES string of the molecule is CCCSCCC(C)(N)C#N. The van der Waals surface area contributed by atoms with Crippen molar-refractivity contribution in [1.29, 1.82) is 5.26 Å². The van der Waals surface area contributed by atoms with Gasteiger partial charge in [0.25, 0.3) is 0 Å². The van der Waals surface area contributed by atoms with Crippen molar-refractivity contribution in [3.63, 3.8) is 0 Å². The molecule has 64 valence electrons. The highest BCUT2D eigenvalue weighted by Gasteiger charge is 2.15. The lowest BCUT2D eigenvalue weighted by Crippen LogP contribution is -2.34. The number of thioether (sulfide) groups is 1. The second kappa shape index (κ2) is 5.45. The minimum Gasteiger partial charge on any atom is -0.314 e. The van der Waals surface area contributed by atoms with E-state index in [2.05, 4.69) is 13.0 Å². The molecule has 0 aliphatic carbocycles. The van der Waals surface area contributed by atoms with Gasteiger partial charge in [-0.15, -0.1) is 0 Å². The zero-order valence-corrected chi connectivity index (χ0v) is 8.08. The normalized spacial score (nSPS) is 15.5. The van der Waals surface area contributed by atoms with E-state index in [1.807, 2.05) is 11.8 Å². The zero-order valence-electron chi connectivity index (χ0n) is 7.26. The summed E-state index contributed by atoms with van der Waals surface area (Å²) in [6.45, 7) is 3.93. The van der Waals surface area contributed by atoms with Crippen molar-refractivity contribution >= 4 is 11.8 Å². The van der Waals surface area contributed by atoms with Crippen LogP contribution in [0.1, 0.15) is 26.7 Å². The van der Waals surface area contributed by atoms with Gasteiger partial charge in [0, 0.05) is 0 Å². The van der Waals surface area contributed by atoms with Crippen molar-refractivity contribution in [3.05, 3.63) is 0 Å². The number of nitrogens with two attached hydrogens (primary N) is 1.